The highest BCUT2D eigenvalue weighted by Gasteiger charge is 2.17. The Labute approximate surface area is 121 Å². The van der Waals surface area contributed by atoms with E-state index in [4.69, 9.17) is 4.74 Å². The first-order valence-electron chi connectivity index (χ1n) is 6.82. The Morgan fingerprint density at radius 2 is 1.75 bits per heavy atom. The number of nitrogens with zero attached hydrogens (tertiary/aromatic N) is 1. The molecule has 3 nitrogen and oxygen atoms in total. The van der Waals surface area contributed by atoms with Crippen LogP contribution in [0, 0.1) is 20.8 Å². The van der Waals surface area contributed by atoms with Crippen LogP contribution in [0.5, 0.6) is 5.75 Å². The zero-order chi connectivity index (χ0) is 14.7. The largest absolute Gasteiger partial charge is 0.497 e. The van der Waals surface area contributed by atoms with Crippen LogP contribution < -0.4 is 10.1 Å². The van der Waals surface area contributed by atoms with E-state index >= 15 is 0 Å². The summed E-state index contributed by atoms with van der Waals surface area (Å²) < 4.78 is 5.28. The number of aromatic nitrogens is 1. The van der Waals surface area contributed by atoms with Crippen LogP contribution in [0.3, 0.4) is 0 Å². The maximum atomic E-state index is 5.28. The molecular formula is C17H22N2O. The smallest absolute Gasteiger partial charge is 0.119 e. The van der Waals surface area contributed by atoms with Crippen LogP contribution in [0.15, 0.2) is 30.3 Å². The van der Waals surface area contributed by atoms with Crippen molar-refractivity contribution in [3.8, 4) is 5.75 Å². The summed E-state index contributed by atoms with van der Waals surface area (Å²) in [7, 11) is 3.67. The van der Waals surface area contributed by atoms with Gasteiger partial charge in [0.25, 0.3) is 0 Å². The van der Waals surface area contributed by atoms with Gasteiger partial charge in [-0.25, -0.2) is 0 Å². The Morgan fingerprint density at radius 3 is 2.30 bits per heavy atom. The van der Waals surface area contributed by atoms with Crippen LogP contribution in [0.2, 0.25) is 0 Å². The third kappa shape index (κ3) is 2.83. The van der Waals surface area contributed by atoms with Gasteiger partial charge in [0, 0.05) is 11.4 Å². The number of hydrogen-bond donors (Lipinski definition) is 1. The summed E-state index contributed by atoms with van der Waals surface area (Å²) >= 11 is 0. The molecule has 0 aliphatic carbocycles. The van der Waals surface area contributed by atoms with Crippen molar-refractivity contribution in [2.45, 2.75) is 26.8 Å². The molecule has 1 N–H and O–H groups in total. The first-order valence-corrected chi connectivity index (χ1v) is 6.82. The fourth-order valence-electron chi connectivity index (χ4n) is 2.58. The van der Waals surface area contributed by atoms with E-state index in [9.17, 15) is 0 Å². The summed E-state index contributed by atoms with van der Waals surface area (Å²) in [4.78, 5) is 4.57. The zero-order valence-corrected chi connectivity index (χ0v) is 12.8. The molecule has 0 aliphatic heterocycles. The summed E-state index contributed by atoms with van der Waals surface area (Å²) in [5, 5.41) is 3.39. The van der Waals surface area contributed by atoms with E-state index in [-0.39, 0.29) is 6.04 Å². The minimum absolute atomic E-state index is 0.147. The lowest BCUT2D eigenvalue weighted by molar-refractivity contribution is 0.414. The topological polar surface area (TPSA) is 34.1 Å². The number of methoxy groups -OCH3 is 1. The van der Waals surface area contributed by atoms with E-state index in [2.05, 4.69) is 48.4 Å². The summed E-state index contributed by atoms with van der Waals surface area (Å²) in [5.74, 6) is 0.889. The van der Waals surface area contributed by atoms with Gasteiger partial charge in [-0.15, -0.1) is 0 Å². The molecule has 1 heterocycles. The standard InChI is InChI=1S/C17H22N2O/c1-11-10-14(20-5)7-9-15(11)17(18-4)16-8-6-12(2)19-13(16)3/h6-10,17-18H,1-5H3. The Balaban J connectivity index is 2.47. The summed E-state index contributed by atoms with van der Waals surface area (Å²) in [6.07, 6.45) is 0. The first kappa shape index (κ1) is 14.5. The minimum Gasteiger partial charge on any atom is -0.497 e. The Bertz CT molecular complexity index is 608. The number of nitrogens with one attached hydrogen (secondary N) is 1. The molecular weight excluding hydrogens is 248 g/mol. The van der Waals surface area contributed by atoms with Gasteiger partial charge in [-0.3, -0.25) is 4.98 Å². The predicted molar refractivity (Wildman–Crippen MR) is 82.3 cm³/mol. The lowest BCUT2D eigenvalue weighted by Crippen LogP contribution is -2.20. The van der Waals surface area contributed by atoms with Crippen molar-refractivity contribution in [1.82, 2.24) is 10.3 Å². The van der Waals surface area contributed by atoms with Crippen LogP contribution >= 0.6 is 0 Å². The fourth-order valence-corrected chi connectivity index (χ4v) is 2.58. The van der Waals surface area contributed by atoms with E-state index in [0.29, 0.717) is 0 Å². The molecule has 1 aromatic carbocycles. The van der Waals surface area contributed by atoms with Crippen LogP contribution in [0.4, 0.5) is 0 Å². The molecule has 0 fully saturated rings. The SMILES string of the molecule is CNC(c1ccc(OC)cc1C)c1ccc(C)nc1C. The summed E-state index contributed by atoms with van der Waals surface area (Å²) in [5.41, 5.74) is 5.80. The van der Waals surface area contributed by atoms with Crippen molar-refractivity contribution < 1.29 is 4.74 Å². The molecule has 0 aliphatic rings. The molecule has 0 amide bonds. The van der Waals surface area contributed by atoms with Crippen molar-refractivity contribution in [2.75, 3.05) is 14.2 Å². The number of hydrogen-bond acceptors (Lipinski definition) is 3. The monoisotopic (exact) mass is 270 g/mol. The van der Waals surface area contributed by atoms with E-state index in [1.807, 2.05) is 20.0 Å². The normalized spacial score (nSPS) is 12.2. The Morgan fingerprint density at radius 1 is 1.05 bits per heavy atom. The number of benzene rings is 1. The van der Waals surface area contributed by atoms with Gasteiger partial charge >= 0.3 is 0 Å². The number of ether oxygens (including phenoxy) is 1. The van der Waals surface area contributed by atoms with Gasteiger partial charge in [0.15, 0.2) is 0 Å². The van der Waals surface area contributed by atoms with E-state index in [1.54, 1.807) is 7.11 Å². The number of aryl methyl sites for hydroxylation is 3. The quantitative estimate of drug-likeness (QED) is 0.925. The summed E-state index contributed by atoms with van der Waals surface area (Å²) in [6.45, 7) is 6.19. The minimum atomic E-state index is 0.147. The van der Waals surface area contributed by atoms with E-state index in [0.717, 1.165) is 17.1 Å². The molecule has 2 aromatic rings. The van der Waals surface area contributed by atoms with Crippen LogP contribution in [0.1, 0.15) is 34.1 Å². The van der Waals surface area contributed by atoms with Gasteiger partial charge in [0.05, 0.1) is 13.2 Å². The molecule has 0 spiro atoms. The lowest BCUT2D eigenvalue weighted by atomic mass is 9.94. The lowest BCUT2D eigenvalue weighted by Gasteiger charge is -2.21. The van der Waals surface area contributed by atoms with Gasteiger partial charge in [-0.2, -0.15) is 0 Å². The Hall–Kier alpha value is -1.87. The molecule has 0 bridgehead atoms. The van der Waals surface area contributed by atoms with E-state index in [1.165, 1.54) is 16.7 Å². The van der Waals surface area contributed by atoms with Crippen molar-refractivity contribution in [1.29, 1.82) is 0 Å². The fraction of sp³-hybridized carbons (Fsp3) is 0.353. The van der Waals surface area contributed by atoms with Gasteiger partial charge in [-0.1, -0.05) is 12.1 Å². The first-order chi connectivity index (χ1) is 9.56. The second-order valence-electron chi connectivity index (χ2n) is 5.07. The van der Waals surface area contributed by atoms with Crippen molar-refractivity contribution in [2.24, 2.45) is 0 Å². The van der Waals surface area contributed by atoms with Crippen LogP contribution in [-0.4, -0.2) is 19.1 Å². The van der Waals surface area contributed by atoms with Crippen molar-refractivity contribution in [3.05, 3.63) is 58.4 Å². The van der Waals surface area contributed by atoms with E-state index < -0.39 is 0 Å². The zero-order valence-electron chi connectivity index (χ0n) is 12.8. The third-order valence-electron chi connectivity index (χ3n) is 3.65. The number of pyridine rings is 1. The van der Waals surface area contributed by atoms with Gasteiger partial charge in [-0.05, 0) is 62.7 Å². The molecule has 1 atom stereocenters. The molecule has 1 unspecified atom stereocenters. The maximum Gasteiger partial charge on any atom is 0.119 e. The Kier molecular flexibility index (Phi) is 4.40. The average molecular weight is 270 g/mol. The average Bonchev–Trinajstić information content (AvgIpc) is 2.43. The highest BCUT2D eigenvalue weighted by molar-refractivity contribution is 5.42. The second kappa shape index (κ2) is 6.06. The molecule has 0 saturated heterocycles. The van der Waals surface area contributed by atoms with Crippen molar-refractivity contribution >= 4 is 0 Å². The highest BCUT2D eigenvalue weighted by Crippen LogP contribution is 2.28. The van der Waals surface area contributed by atoms with Crippen LogP contribution in [-0.2, 0) is 0 Å². The second-order valence-corrected chi connectivity index (χ2v) is 5.07. The molecule has 1 aromatic heterocycles. The molecule has 0 saturated carbocycles. The third-order valence-corrected chi connectivity index (χ3v) is 3.65. The van der Waals surface area contributed by atoms with Crippen molar-refractivity contribution in [3.63, 3.8) is 0 Å². The summed E-state index contributed by atoms with van der Waals surface area (Å²) in [6, 6.07) is 10.6. The number of rotatable bonds is 4. The molecule has 106 valence electrons. The molecule has 0 radical (unpaired) electrons. The van der Waals surface area contributed by atoms with Crippen LogP contribution in [0.25, 0.3) is 0 Å². The van der Waals surface area contributed by atoms with Gasteiger partial charge in [0.2, 0.25) is 0 Å². The predicted octanol–water partition coefficient (Wildman–Crippen LogP) is 3.32. The van der Waals surface area contributed by atoms with Gasteiger partial charge < -0.3 is 10.1 Å². The maximum absolute atomic E-state index is 5.28. The molecule has 20 heavy (non-hydrogen) atoms. The highest BCUT2D eigenvalue weighted by atomic mass is 16.5. The molecule has 2 rings (SSSR count). The molecule has 3 heteroatoms. The van der Waals surface area contributed by atoms with Gasteiger partial charge in [0.1, 0.15) is 5.75 Å².